The van der Waals surface area contributed by atoms with Crippen LogP contribution in [0.3, 0.4) is 0 Å². The summed E-state index contributed by atoms with van der Waals surface area (Å²) < 4.78 is 32.0. The monoisotopic (exact) mass is 468 g/mol. The molecule has 2 aromatic carbocycles. The molecule has 6 nitrogen and oxygen atoms in total. The second-order valence-corrected chi connectivity index (χ2v) is 9.43. The number of rotatable bonds is 8. The highest BCUT2D eigenvalue weighted by Gasteiger charge is 2.21. The number of carbonyl (C=O) groups is 1. The molecule has 28 heavy (non-hydrogen) atoms. The summed E-state index contributed by atoms with van der Waals surface area (Å²) in [4.78, 5) is 12.3. The summed E-state index contributed by atoms with van der Waals surface area (Å²) in [6.07, 6.45) is 1.08. The SMILES string of the molecule is Cc1ccc(C)c(OCCNC(=O)CN(c2ccc(Br)c(C)c2)S(C)(=O)=O)c1. The van der Waals surface area contributed by atoms with Gasteiger partial charge in [-0.15, -0.1) is 0 Å². The van der Waals surface area contributed by atoms with E-state index in [1.807, 2.05) is 39.0 Å². The first kappa shape index (κ1) is 22.2. The van der Waals surface area contributed by atoms with Crippen molar-refractivity contribution in [1.82, 2.24) is 5.32 Å². The van der Waals surface area contributed by atoms with Crippen LogP contribution >= 0.6 is 15.9 Å². The highest BCUT2D eigenvalue weighted by atomic mass is 79.9. The van der Waals surface area contributed by atoms with Gasteiger partial charge in [0, 0.05) is 4.47 Å². The molecular weight excluding hydrogens is 444 g/mol. The van der Waals surface area contributed by atoms with Crippen molar-refractivity contribution in [3.05, 3.63) is 57.6 Å². The molecule has 2 rings (SSSR count). The van der Waals surface area contributed by atoms with Crippen molar-refractivity contribution in [2.45, 2.75) is 20.8 Å². The zero-order valence-electron chi connectivity index (χ0n) is 16.5. The lowest BCUT2D eigenvalue weighted by Gasteiger charge is -2.22. The van der Waals surface area contributed by atoms with Crippen molar-refractivity contribution in [3.63, 3.8) is 0 Å². The number of nitrogens with one attached hydrogen (secondary N) is 1. The molecule has 0 bridgehead atoms. The van der Waals surface area contributed by atoms with Crippen LogP contribution in [0.1, 0.15) is 16.7 Å². The van der Waals surface area contributed by atoms with Gasteiger partial charge in [0.1, 0.15) is 18.9 Å². The molecule has 0 aliphatic rings. The van der Waals surface area contributed by atoms with Crippen LogP contribution < -0.4 is 14.4 Å². The Bertz CT molecular complexity index is 961. The largest absolute Gasteiger partial charge is 0.491 e. The van der Waals surface area contributed by atoms with Crippen LogP contribution in [-0.4, -0.2) is 40.3 Å². The molecule has 0 aliphatic heterocycles. The molecule has 0 heterocycles. The minimum atomic E-state index is -3.60. The van der Waals surface area contributed by atoms with Crippen molar-refractivity contribution in [2.75, 3.05) is 30.3 Å². The maximum absolute atomic E-state index is 12.3. The van der Waals surface area contributed by atoms with E-state index in [4.69, 9.17) is 4.74 Å². The quantitative estimate of drug-likeness (QED) is 0.602. The van der Waals surface area contributed by atoms with Crippen LogP contribution in [-0.2, 0) is 14.8 Å². The van der Waals surface area contributed by atoms with Gasteiger partial charge in [-0.05, 0) is 61.7 Å². The maximum atomic E-state index is 12.3. The molecule has 0 aliphatic carbocycles. The van der Waals surface area contributed by atoms with Crippen LogP contribution in [0.5, 0.6) is 5.75 Å². The number of sulfonamides is 1. The summed E-state index contributed by atoms with van der Waals surface area (Å²) in [5.74, 6) is 0.382. The van der Waals surface area contributed by atoms with Crippen LogP contribution in [0.25, 0.3) is 0 Å². The van der Waals surface area contributed by atoms with Crippen molar-refractivity contribution in [2.24, 2.45) is 0 Å². The molecule has 1 amide bonds. The highest BCUT2D eigenvalue weighted by Crippen LogP contribution is 2.24. The van der Waals surface area contributed by atoms with Gasteiger partial charge in [0.05, 0.1) is 18.5 Å². The van der Waals surface area contributed by atoms with Gasteiger partial charge in [-0.3, -0.25) is 9.10 Å². The molecule has 0 aromatic heterocycles. The molecule has 0 unspecified atom stereocenters. The normalized spacial score (nSPS) is 11.2. The number of halogens is 1. The van der Waals surface area contributed by atoms with Gasteiger partial charge in [-0.2, -0.15) is 0 Å². The van der Waals surface area contributed by atoms with E-state index in [2.05, 4.69) is 21.2 Å². The Balaban J connectivity index is 1.95. The highest BCUT2D eigenvalue weighted by molar-refractivity contribution is 9.10. The van der Waals surface area contributed by atoms with E-state index < -0.39 is 15.9 Å². The fourth-order valence-electron chi connectivity index (χ4n) is 2.58. The number of benzene rings is 2. The number of nitrogens with zero attached hydrogens (tertiary/aromatic N) is 1. The van der Waals surface area contributed by atoms with Gasteiger partial charge in [-0.1, -0.05) is 28.1 Å². The molecule has 0 fully saturated rings. The van der Waals surface area contributed by atoms with Gasteiger partial charge in [0.25, 0.3) is 0 Å². The summed E-state index contributed by atoms with van der Waals surface area (Å²) in [5, 5.41) is 2.71. The Morgan fingerprint density at radius 2 is 1.82 bits per heavy atom. The summed E-state index contributed by atoms with van der Waals surface area (Å²) in [5.41, 5.74) is 3.45. The van der Waals surface area contributed by atoms with Gasteiger partial charge < -0.3 is 10.1 Å². The van der Waals surface area contributed by atoms with Crippen LogP contribution in [0.2, 0.25) is 0 Å². The number of hydrogen-bond donors (Lipinski definition) is 1. The Labute approximate surface area is 175 Å². The molecule has 1 N–H and O–H groups in total. The average molecular weight is 469 g/mol. The molecule has 0 saturated heterocycles. The number of ether oxygens (including phenoxy) is 1. The maximum Gasteiger partial charge on any atom is 0.240 e. The first-order chi connectivity index (χ1) is 13.1. The standard InChI is InChI=1S/C20H25BrN2O4S/c1-14-5-6-15(2)19(11-14)27-10-9-22-20(24)13-23(28(4,25)26)17-7-8-18(21)16(3)12-17/h5-8,11-12H,9-10,13H2,1-4H3,(H,22,24). The Kier molecular flexibility index (Phi) is 7.48. The van der Waals surface area contributed by atoms with Crippen molar-refractivity contribution < 1.29 is 17.9 Å². The third-order valence-corrected chi connectivity index (χ3v) is 6.17. The van der Waals surface area contributed by atoms with E-state index in [-0.39, 0.29) is 13.1 Å². The molecule has 152 valence electrons. The predicted octanol–water partition coefficient (Wildman–Crippen LogP) is 3.34. The van der Waals surface area contributed by atoms with E-state index in [9.17, 15) is 13.2 Å². The van der Waals surface area contributed by atoms with Gasteiger partial charge in [0.2, 0.25) is 15.9 Å². The van der Waals surface area contributed by atoms with Crippen molar-refractivity contribution in [1.29, 1.82) is 0 Å². The molecule has 0 atom stereocenters. The molecular formula is C20H25BrN2O4S. The number of anilines is 1. The Morgan fingerprint density at radius 1 is 1.11 bits per heavy atom. The Hall–Kier alpha value is -2.06. The average Bonchev–Trinajstić information content (AvgIpc) is 2.61. The third-order valence-electron chi connectivity index (χ3n) is 4.14. The lowest BCUT2D eigenvalue weighted by molar-refractivity contribution is -0.119. The number of hydrogen-bond acceptors (Lipinski definition) is 4. The Morgan fingerprint density at radius 3 is 2.46 bits per heavy atom. The van der Waals surface area contributed by atoms with Crippen molar-refractivity contribution in [3.8, 4) is 5.75 Å². The number of carbonyl (C=O) groups excluding carboxylic acids is 1. The van der Waals surface area contributed by atoms with Gasteiger partial charge >= 0.3 is 0 Å². The molecule has 0 spiro atoms. The second kappa shape index (κ2) is 9.43. The number of aryl methyl sites for hydroxylation is 3. The summed E-state index contributed by atoms with van der Waals surface area (Å²) in [6.45, 7) is 6.09. The van der Waals surface area contributed by atoms with Crippen LogP contribution in [0, 0.1) is 20.8 Å². The fourth-order valence-corrected chi connectivity index (χ4v) is 3.68. The fraction of sp³-hybridized carbons (Fsp3) is 0.350. The summed E-state index contributed by atoms with van der Waals surface area (Å²) in [7, 11) is -3.60. The lowest BCUT2D eigenvalue weighted by atomic mass is 10.1. The lowest BCUT2D eigenvalue weighted by Crippen LogP contribution is -2.41. The zero-order valence-corrected chi connectivity index (χ0v) is 18.9. The molecule has 0 saturated carbocycles. The van der Waals surface area contributed by atoms with Crippen molar-refractivity contribution >= 4 is 37.5 Å². The van der Waals surface area contributed by atoms with Gasteiger partial charge in [0.15, 0.2) is 0 Å². The molecule has 8 heteroatoms. The summed E-state index contributed by atoms with van der Waals surface area (Å²) in [6, 6.07) is 11.1. The summed E-state index contributed by atoms with van der Waals surface area (Å²) >= 11 is 3.39. The topological polar surface area (TPSA) is 75.7 Å². The molecule has 2 aromatic rings. The van der Waals surface area contributed by atoms with E-state index in [0.29, 0.717) is 12.3 Å². The van der Waals surface area contributed by atoms with E-state index in [0.717, 1.165) is 37.5 Å². The first-order valence-electron chi connectivity index (χ1n) is 8.78. The number of amides is 1. The second-order valence-electron chi connectivity index (χ2n) is 6.67. The van der Waals surface area contributed by atoms with Gasteiger partial charge in [-0.25, -0.2) is 8.42 Å². The van der Waals surface area contributed by atoms with E-state index in [1.54, 1.807) is 18.2 Å². The minimum Gasteiger partial charge on any atom is -0.491 e. The third kappa shape index (κ3) is 6.24. The van der Waals surface area contributed by atoms with Crippen LogP contribution in [0.4, 0.5) is 5.69 Å². The molecule has 0 radical (unpaired) electrons. The minimum absolute atomic E-state index is 0.281. The smallest absolute Gasteiger partial charge is 0.240 e. The van der Waals surface area contributed by atoms with E-state index >= 15 is 0 Å². The predicted molar refractivity (Wildman–Crippen MR) is 115 cm³/mol. The first-order valence-corrected chi connectivity index (χ1v) is 11.4. The van der Waals surface area contributed by atoms with Crippen LogP contribution in [0.15, 0.2) is 40.9 Å². The zero-order chi connectivity index (χ0) is 20.9. The van der Waals surface area contributed by atoms with E-state index in [1.165, 1.54) is 0 Å².